The van der Waals surface area contributed by atoms with E-state index >= 15 is 0 Å². The second-order valence-corrected chi connectivity index (χ2v) is 7.15. The predicted molar refractivity (Wildman–Crippen MR) is 78.5 cm³/mol. The monoisotopic (exact) mass is 346 g/mol. The number of benzene rings is 1. The molecule has 1 N–H and O–H groups in total. The van der Waals surface area contributed by atoms with Gasteiger partial charge < -0.3 is 5.32 Å². The van der Waals surface area contributed by atoms with Crippen molar-refractivity contribution in [1.29, 1.82) is 0 Å². The summed E-state index contributed by atoms with van der Waals surface area (Å²) in [5, 5.41) is 14.3. The van der Waals surface area contributed by atoms with Gasteiger partial charge in [-0.25, -0.2) is 0 Å². The average Bonchev–Trinajstić information content (AvgIpc) is 2.39. The van der Waals surface area contributed by atoms with Gasteiger partial charge in [-0.05, 0) is 25.0 Å². The zero-order valence-electron chi connectivity index (χ0n) is 10.3. The Morgan fingerprint density at radius 1 is 1.42 bits per heavy atom. The summed E-state index contributed by atoms with van der Waals surface area (Å²) in [5.41, 5.74) is 0.807. The van der Waals surface area contributed by atoms with Crippen LogP contribution in [-0.4, -0.2) is 26.7 Å². The van der Waals surface area contributed by atoms with E-state index in [1.54, 1.807) is 12.1 Å². The quantitative estimate of drug-likeness (QED) is 0.670. The van der Waals surface area contributed by atoms with E-state index in [4.69, 9.17) is 0 Å². The molecule has 1 heterocycles. The number of nitrogens with zero attached hydrogens (tertiary/aromatic N) is 1. The maximum absolute atomic E-state index is 11.3. The highest BCUT2D eigenvalue weighted by molar-refractivity contribution is 9.10. The molecule has 7 heteroatoms. The second kappa shape index (κ2) is 6.58. The number of nitrogens with one attached hydrogen (secondary N) is 1. The Kier molecular flexibility index (Phi) is 5.06. The van der Waals surface area contributed by atoms with E-state index in [1.807, 2.05) is 0 Å². The maximum Gasteiger partial charge on any atom is 0.275 e. The lowest BCUT2D eigenvalue weighted by atomic mass is 10.1. The summed E-state index contributed by atoms with van der Waals surface area (Å²) in [6.07, 6.45) is 1.74. The molecule has 1 aromatic carbocycles. The first-order chi connectivity index (χ1) is 9.06. The fourth-order valence-corrected chi connectivity index (χ4v) is 3.76. The molecule has 0 atom stereocenters. The van der Waals surface area contributed by atoms with Gasteiger partial charge in [0.05, 0.1) is 4.92 Å². The molecular formula is C12H15BrN2O3S. The van der Waals surface area contributed by atoms with Crippen molar-refractivity contribution in [2.75, 3.05) is 11.5 Å². The first-order valence-corrected chi connectivity index (χ1v) is 8.35. The standard InChI is InChI=1S/C12H15BrN2O3S/c13-10-2-1-9(12(7-10)15(16)17)8-14-11-3-5-19(18)6-4-11/h1-2,7,11,14H,3-6,8H2. The highest BCUT2D eigenvalue weighted by Gasteiger charge is 2.19. The van der Waals surface area contributed by atoms with Gasteiger partial charge in [0.2, 0.25) is 0 Å². The number of halogens is 1. The molecule has 1 aliphatic rings. The molecule has 0 aliphatic carbocycles. The summed E-state index contributed by atoms with van der Waals surface area (Å²) in [7, 11) is -0.678. The molecule has 1 fully saturated rings. The molecule has 0 spiro atoms. The van der Waals surface area contributed by atoms with Gasteiger partial charge in [0.15, 0.2) is 0 Å². The Hall–Kier alpha value is -0.790. The van der Waals surface area contributed by atoms with E-state index < -0.39 is 10.8 Å². The third-order valence-electron chi connectivity index (χ3n) is 3.21. The summed E-state index contributed by atoms with van der Waals surface area (Å²) >= 11 is 3.24. The van der Waals surface area contributed by atoms with Crippen LogP contribution in [0.25, 0.3) is 0 Å². The van der Waals surface area contributed by atoms with Crippen molar-refractivity contribution < 1.29 is 9.13 Å². The van der Waals surface area contributed by atoms with Crippen LogP contribution in [0.3, 0.4) is 0 Å². The lowest BCUT2D eigenvalue weighted by Crippen LogP contribution is -2.35. The van der Waals surface area contributed by atoms with Crippen molar-refractivity contribution in [2.45, 2.75) is 25.4 Å². The normalized spacial score (nSPS) is 23.2. The van der Waals surface area contributed by atoms with E-state index in [-0.39, 0.29) is 10.6 Å². The van der Waals surface area contributed by atoms with Crippen LogP contribution in [-0.2, 0) is 17.3 Å². The van der Waals surface area contributed by atoms with Crippen LogP contribution in [0.5, 0.6) is 0 Å². The number of nitro benzene ring substituents is 1. The van der Waals surface area contributed by atoms with Gasteiger partial charge in [0, 0.05) is 51.0 Å². The molecule has 19 heavy (non-hydrogen) atoms. The van der Waals surface area contributed by atoms with Crippen molar-refractivity contribution in [3.8, 4) is 0 Å². The third kappa shape index (κ3) is 4.09. The Morgan fingerprint density at radius 3 is 2.74 bits per heavy atom. The van der Waals surface area contributed by atoms with Crippen LogP contribution in [0.2, 0.25) is 0 Å². The molecule has 0 radical (unpaired) electrons. The van der Waals surface area contributed by atoms with Crippen molar-refractivity contribution in [1.82, 2.24) is 5.32 Å². The largest absolute Gasteiger partial charge is 0.310 e. The number of hydrogen-bond acceptors (Lipinski definition) is 4. The van der Waals surface area contributed by atoms with E-state index in [9.17, 15) is 14.3 Å². The van der Waals surface area contributed by atoms with Crippen LogP contribution >= 0.6 is 15.9 Å². The van der Waals surface area contributed by atoms with Gasteiger partial charge in [0.1, 0.15) is 0 Å². The molecule has 1 aromatic rings. The highest BCUT2D eigenvalue weighted by Crippen LogP contribution is 2.23. The number of nitro groups is 1. The molecule has 0 unspecified atom stereocenters. The van der Waals surface area contributed by atoms with Crippen LogP contribution in [0.15, 0.2) is 22.7 Å². The summed E-state index contributed by atoms with van der Waals surface area (Å²) in [5.74, 6) is 1.44. The van der Waals surface area contributed by atoms with Crippen molar-refractivity contribution in [3.63, 3.8) is 0 Å². The zero-order valence-corrected chi connectivity index (χ0v) is 12.7. The van der Waals surface area contributed by atoms with Crippen molar-refractivity contribution in [2.24, 2.45) is 0 Å². The van der Waals surface area contributed by atoms with Crippen molar-refractivity contribution in [3.05, 3.63) is 38.3 Å². The van der Waals surface area contributed by atoms with Crippen LogP contribution in [0.1, 0.15) is 18.4 Å². The fraction of sp³-hybridized carbons (Fsp3) is 0.500. The van der Waals surface area contributed by atoms with Gasteiger partial charge in [-0.3, -0.25) is 14.3 Å². The summed E-state index contributed by atoms with van der Waals surface area (Å²) < 4.78 is 12.0. The number of hydrogen-bond donors (Lipinski definition) is 1. The molecule has 0 aromatic heterocycles. The molecule has 1 aliphatic heterocycles. The molecule has 2 rings (SSSR count). The second-order valence-electron chi connectivity index (χ2n) is 4.53. The van der Waals surface area contributed by atoms with Crippen molar-refractivity contribution >= 4 is 32.4 Å². The smallest absolute Gasteiger partial charge is 0.275 e. The Bertz CT molecular complexity index is 500. The van der Waals surface area contributed by atoms with Gasteiger partial charge in [-0.1, -0.05) is 15.9 Å². The Balaban J connectivity index is 1.99. The molecule has 1 saturated heterocycles. The van der Waals surface area contributed by atoms with E-state index in [2.05, 4.69) is 21.2 Å². The van der Waals surface area contributed by atoms with Gasteiger partial charge in [-0.15, -0.1) is 0 Å². The van der Waals surface area contributed by atoms with E-state index in [1.165, 1.54) is 6.07 Å². The lowest BCUT2D eigenvalue weighted by Gasteiger charge is -2.22. The minimum absolute atomic E-state index is 0.126. The van der Waals surface area contributed by atoms with Gasteiger partial charge >= 0.3 is 0 Å². The van der Waals surface area contributed by atoms with Crippen LogP contribution < -0.4 is 5.32 Å². The van der Waals surface area contributed by atoms with E-state index in [0.717, 1.165) is 24.3 Å². The first kappa shape index (κ1) is 14.6. The maximum atomic E-state index is 11.3. The SMILES string of the molecule is O=[N+]([O-])c1cc(Br)ccc1CNC1CCS(=O)CC1. The highest BCUT2D eigenvalue weighted by atomic mass is 79.9. The Morgan fingerprint density at radius 2 is 2.11 bits per heavy atom. The fourth-order valence-electron chi connectivity index (χ4n) is 2.11. The minimum atomic E-state index is -0.678. The third-order valence-corrected chi connectivity index (χ3v) is 5.09. The molecular weight excluding hydrogens is 332 g/mol. The zero-order chi connectivity index (χ0) is 13.8. The van der Waals surface area contributed by atoms with Gasteiger partial charge in [-0.2, -0.15) is 0 Å². The molecule has 0 amide bonds. The summed E-state index contributed by atoms with van der Waals surface area (Å²) in [6, 6.07) is 5.39. The van der Waals surface area contributed by atoms with E-state index in [0.29, 0.717) is 22.6 Å². The summed E-state index contributed by atoms with van der Waals surface area (Å²) in [6.45, 7) is 0.473. The lowest BCUT2D eigenvalue weighted by molar-refractivity contribution is -0.385. The molecule has 0 saturated carbocycles. The topological polar surface area (TPSA) is 72.2 Å². The Labute approximate surface area is 122 Å². The summed E-state index contributed by atoms with van der Waals surface area (Å²) in [4.78, 5) is 10.6. The average molecular weight is 347 g/mol. The first-order valence-electron chi connectivity index (χ1n) is 6.07. The van der Waals surface area contributed by atoms with Crippen LogP contribution in [0.4, 0.5) is 5.69 Å². The molecule has 104 valence electrons. The molecule has 5 nitrogen and oxygen atoms in total. The van der Waals surface area contributed by atoms with Crippen LogP contribution in [0, 0.1) is 10.1 Å². The predicted octanol–water partition coefficient (Wildman–Crippen LogP) is 2.36. The minimum Gasteiger partial charge on any atom is -0.310 e. The number of rotatable bonds is 4. The molecule has 0 bridgehead atoms. The van der Waals surface area contributed by atoms with Gasteiger partial charge in [0.25, 0.3) is 5.69 Å².